The predicted molar refractivity (Wildman–Crippen MR) is 88.7 cm³/mol. The molecule has 2 atom stereocenters. The van der Waals surface area contributed by atoms with E-state index in [0.29, 0.717) is 11.3 Å². The minimum atomic E-state index is -4.24. The number of hydrogen-bond acceptors (Lipinski definition) is 5. The number of halogens is 3. The van der Waals surface area contributed by atoms with Gasteiger partial charge in [0.1, 0.15) is 23.2 Å². The molecule has 2 rings (SSSR count). The average molecular weight is 397 g/mol. The quantitative estimate of drug-likeness (QED) is 0.721. The Balaban J connectivity index is 2.21. The Morgan fingerprint density at radius 3 is 2.58 bits per heavy atom. The maximum atomic E-state index is 12.2. The summed E-state index contributed by atoms with van der Waals surface area (Å²) in [5, 5.41) is 10.5. The number of fused-ring (bicyclic) bond motifs is 1. The fourth-order valence-corrected chi connectivity index (χ4v) is 3.41. The Hall–Kier alpha value is -1.52. The van der Waals surface area contributed by atoms with E-state index in [-0.39, 0.29) is 18.8 Å². The number of hydrogen-bond donors (Lipinski definition) is 2. The van der Waals surface area contributed by atoms with Crippen molar-refractivity contribution in [3.05, 3.63) is 23.8 Å². The molecule has 10 heteroatoms. The summed E-state index contributed by atoms with van der Waals surface area (Å²) in [7, 11) is -3.63. The summed E-state index contributed by atoms with van der Waals surface area (Å²) in [6.07, 6.45) is -5.60. The van der Waals surface area contributed by atoms with E-state index in [0.717, 1.165) is 6.26 Å². The molecule has 1 aliphatic rings. The maximum absolute atomic E-state index is 12.2. The summed E-state index contributed by atoms with van der Waals surface area (Å²) in [5.74, 6) is 0.630. The summed E-state index contributed by atoms with van der Waals surface area (Å²) < 4.78 is 73.2. The van der Waals surface area contributed by atoms with Crippen molar-refractivity contribution >= 4 is 10.0 Å². The van der Waals surface area contributed by atoms with Crippen LogP contribution < -0.4 is 14.2 Å². The summed E-state index contributed by atoms with van der Waals surface area (Å²) >= 11 is 0. The van der Waals surface area contributed by atoms with Crippen LogP contribution in [0.15, 0.2) is 18.2 Å². The van der Waals surface area contributed by atoms with Gasteiger partial charge >= 0.3 is 6.18 Å². The molecule has 1 aromatic rings. The zero-order valence-corrected chi connectivity index (χ0v) is 15.4. The molecule has 1 aromatic carbocycles. The highest BCUT2D eigenvalue weighted by molar-refractivity contribution is 7.88. The van der Waals surface area contributed by atoms with E-state index in [1.807, 2.05) is 0 Å². The smallest absolute Gasteiger partial charge is 0.389 e. The van der Waals surface area contributed by atoms with Crippen LogP contribution in [0.5, 0.6) is 11.5 Å². The molecule has 0 aliphatic carbocycles. The summed E-state index contributed by atoms with van der Waals surface area (Å²) in [5.41, 5.74) is -0.680. The fourth-order valence-electron chi connectivity index (χ4n) is 2.69. The second kappa shape index (κ2) is 7.24. The number of aliphatic hydroxyl groups excluding tert-OH is 1. The molecule has 0 aromatic heterocycles. The number of sulfonamides is 1. The molecule has 2 N–H and O–H groups in total. The van der Waals surface area contributed by atoms with Crippen molar-refractivity contribution in [1.82, 2.24) is 4.72 Å². The molecular weight excluding hydrogens is 375 g/mol. The standard InChI is InChI=1S/C16H22F3NO5S/c1-15(2)14(21)13(20-26(3,22)23)11-9-10(5-6-12(11)25-15)24-8-4-7-16(17,18)19/h5-6,9,13-14,20-21H,4,7-8H2,1-3H3. The predicted octanol–water partition coefficient (Wildman–Crippen LogP) is 2.53. The Morgan fingerprint density at radius 2 is 2.00 bits per heavy atom. The van der Waals surface area contributed by atoms with Crippen LogP contribution in [0.25, 0.3) is 0 Å². The Bertz CT molecular complexity index is 749. The number of alkyl halides is 3. The molecule has 0 radical (unpaired) electrons. The lowest BCUT2D eigenvalue weighted by molar-refractivity contribution is -0.136. The maximum Gasteiger partial charge on any atom is 0.389 e. The molecule has 26 heavy (non-hydrogen) atoms. The summed E-state index contributed by atoms with van der Waals surface area (Å²) in [6.45, 7) is 3.11. The first-order valence-electron chi connectivity index (χ1n) is 7.96. The molecule has 2 unspecified atom stereocenters. The Labute approximate surface area is 150 Å². The highest BCUT2D eigenvalue weighted by Crippen LogP contribution is 2.41. The molecule has 148 valence electrons. The molecule has 0 saturated heterocycles. The third-order valence-electron chi connectivity index (χ3n) is 3.93. The van der Waals surface area contributed by atoms with Crippen molar-refractivity contribution in [2.45, 2.75) is 50.6 Å². The van der Waals surface area contributed by atoms with Crippen molar-refractivity contribution in [2.75, 3.05) is 12.9 Å². The highest BCUT2D eigenvalue weighted by Gasteiger charge is 2.44. The van der Waals surface area contributed by atoms with Crippen LogP contribution in [-0.4, -0.2) is 44.3 Å². The van der Waals surface area contributed by atoms with Crippen LogP contribution in [0.2, 0.25) is 0 Å². The first kappa shape index (κ1) is 20.8. The van der Waals surface area contributed by atoms with Gasteiger partial charge in [0.15, 0.2) is 0 Å². The van der Waals surface area contributed by atoms with E-state index in [1.165, 1.54) is 12.1 Å². The van der Waals surface area contributed by atoms with Gasteiger partial charge in [0.05, 0.1) is 18.9 Å². The Morgan fingerprint density at radius 1 is 1.35 bits per heavy atom. The number of rotatable bonds is 6. The Kier molecular flexibility index (Phi) is 5.79. The highest BCUT2D eigenvalue weighted by atomic mass is 32.2. The first-order valence-corrected chi connectivity index (χ1v) is 9.85. The van der Waals surface area contributed by atoms with Gasteiger partial charge in [-0.25, -0.2) is 13.1 Å². The van der Waals surface area contributed by atoms with Gasteiger partial charge in [-0.05, 0) is 38.5 Å². The van der Waals surface area contributed by atoms with Crippen LogP contribution >= 0.6 is 0 Å². The zero-order valence-electron chi connectivity index (χ0n) is 14.6. The second-order valence-corrected chi connectivity index (χ2v) is 8.56. The van der Waals surface area contributed by atoms with Crippen molar-refractivity contribution in [3.8, 4) is 11.5 Å². The SMILES string of the molecule is CC1(C)Oc2ccc(OCCCC(F)(F)F)cc2C(NS(C)(=O)=O)C1O. The van der Waals surface area contributed by atoms with E-state index >= 15 is 0 Å². The van der Waals surface area contributed by atoms with Gasteiger partial charge in [-0.3, -0.25) is 0 Å². The number of aliphatic hydroxyl groups is 1. The molecule has 0 saturated carbocycles. The van der Waals surface area contributed by atoms with Crippen molar-refractivity contribution < 1.29 is 36.2 Å². The van der Waals surface area contributed by atoms with Gasteiger partial charge in [0, 0.05) is 12.0 Å². The topological polar surface area (TPSA) is 84.9 Å². The molecule has 0 amide bonds. The van der Waals surface area contributed by atoms with Gasteiger partial charge < -0.3 is 14.6 Å². The van der Waals surface area contributed by atoms with E-state index in [4.69, 9.17) is 9.47 Å². The van der Waals surface area contributed by atoms with Gasteiger partial charge in [-0.1, -0.05) is 0 Å². The number of ether oxygens (including phenoxy) is 2. The molecule has 6 nitrogen and oxygen atoms in total. The monoisotopic (exact) mass is 397 g/mol. The van der Waals surface area contributed by atoms with E-state index in [9.17, 15) is 26.7 Å². The van der Waals surface area contributed by atoms with Crippen LogP contribution in [0.3, 0.4) is 0 Å². The van der Waals surface area contributed by atoms with Crippen molar-refractivity contribution in [2.24, 2.45) is 0 Å². The second-order valence-electron chi connectivity index (χ2n) is 6.78. The van der Waals surface area contributed by atoms with E-state index in [1.54, 1.807) is 19.9 Å². The van der Waals surface area contributed by atoms with Gasteiger partial charge in [-0.2, -0.15) is 13.2 Å². The zero-order chi connectivity index (χ0) is 19.8. The normalized spacial score (nSPS) is 22.4. The molecule has 0 spiro atoms. The summed E-state index contributed by atoms with van der Waals surface area (Å²) in [6, 6.07) is 3.56. The lowest BCUT2D eigenvalue weighted by Gasteiger charge is -2.42. The van der Waals surface area contributed by atoms with Crippen LogP contribution in [0.4, 0.5) is 13.2 Å². The number of benzene rings is 1. The van der Waals surface area contributed by atoms with Gasteiger partial charge in [-0.15, -0.1) is 0 Å². The van der Waals surface area contributed by atoms with Crippen LogP contribution in [-0.2, 0) is 10.0 Å². The largest absolute Gasteiger partial charge is 0.494 e. The molecule has 0 fully saturated rings. The first-order chi connectivity index (χ1) is 11.8. The van der Waals surface area contributed by atoms with Crippen LogP contribution in [0, 0.1) is 0 Å². The lowest BCUT2D eigenvalue weighted by atomic mass is 9.87. The van der Waals surface area contributed by atoms with Gasteiger partial charge in [0.25, 0.3) is 0 Å². The van der Waals surface area contributed by atoms with Gasteiger partial charge in [0.2, 0.25) is 10.0 Å². The minimum Gasteiger partial charge on any atom is -0.494 e. The minimum absolute atomic E-state index is 0.141. The van der Waals surface area contributed by atoms with Crippen molar-refractivity contribution in [1.29, 1.82) is 0 Å². The van der Waals surface area contributed by atoms with Crippen LogP contribution in [0.1, 0.15) is 38.3 Å². The molecule has 1 heterocycles. The molecule has 1 aliphatic heterocycles. The third kappa shape index (κ3) is 5.49. The fraction of sp³-hybridized carbons (Fsp3) is 0.625. The number of nitrogens with one attached hydrogen (secondary N) is 1. The summed E-state index contributed by atoms with van der Waals surface area (Å²) in [4.78, 5) is 0. The average Bonchev–Trinajstić information content (AvgIpc) is 2.46. The molecule has 0 bridgehead atoms. The van der Waals surface area contributed by atoms with E-state index < -0.39 is 40.4 Å². The molecular formula is C16H22F3NO5S. The van der Waals surface area contributed by atoms with E-state index in [2.05, 4.69) is 4.72 Å². The third-order valence-corrected chi connectivity index (χ3v) is 4.61. The lowest BCUT2D eigenvalue weighted by Crippen LogP contribution is -2.53. The van der Waals surface area contributed by atoms with Crippen molar-refractivity contribution in [3.63, 3.8) is 0 Å².